The van der Waals surface area contributed by atoms with Crippen LogP contribution in [0.4, 0.5) is 0 Å². The number of aliphatic hydroxyl groups excluding tert-OH is 7. The molecule has 14 nitrogen and oxygen atoms in total. The highest BCUT2D eigenvalue weighted by Crippen LogP contribution is 2.26. The van der Waals surface area contributed by atoms with Crippen molar-refractivity contribution < 1.29 is 69.0 Å². The summed E-state index contributed by atoms with van der Waals surface area (Å²) in [7, 11) is 0. The standard InChI is InChI=1S/C50H90O14/c1-3-5-7-9-11-13-15-16-17-18-19-20-21-22-23-25-27-29-31-33-42(52)62-39(36-59-34-32-30-28-26-24-14-12-10-8-6-4-2)37-60-49-48(58)46(56)44(54)41(64-49)38-61-50-47(57)45(55)43(53)40(35-51)63-50/h11,13,16-17,19-20,39-41,43-51,53-58H,3-10,12,14-15,18,21-38H2,1-2H3/b13-11-,17-16-,20-19-. The van der Waals surface area contributed by atoms with Gasteiger partial charge in [0, 0.05) is 13.0 Å². The third kappa shape index (κ3) is 25.9. The molecule has 374 valence electrons. The number of allylic oxidation sites excluding steroid dienone is 6. The second-order valence-electron chi connectivity index (χ2n) is 17.6. The van der Waals surface area contributed by atoms with Crippen molar-refractivity contribution >= 4 is 5.97 Å². The lowest BCUT2D eigenvalue weighted by molar-refractivity contribution is -0.332. The van der Waals surface area contributed by atoms with Crippen LogP contribution in [0.25, 0.3) is 0 Å². The molecule has 2 aliphatic rings. The van der Waals surface area contributed by atoms with Gasteiger partial charge in [-0.2, -0.15) is 0 Å². The van der Waals surface area contributed by atoms with E-state index in [1.165, 1.54) is 77.0 Å². The molecule has 0 aromatic carbocycles. The van der Waals surface area contributed by atoms with Crippen molar-refractivity contribution in [3.05, 3.63) is 36.5 Å². The third-order valence-corrected chi connectivity index (χ3v) is 11.9. The predicted molar refractivity (Wildman–Crippen MR) is 247 cm³/mol. The van der Waals surface area contributed by atoms with Gasteiger partial charge in [0.1, 0.15) is 54.9 Å². The number of hydrogen-bond acceptors (Lipinski definition) is 14. The van der Waals surface area contributed by atoms with Gasteiger partial charge in [0.2, 0.25) is 0 Å². The molecule has 7 N–H and O–H groups in total. The van der Waals surface area contributed by atoms with Crippen molar-refractivity contribution in [2.45, 2.75) is 242 Å². The average Bonchev–Trinajstić information content (AvgIpc) is 3.29. The fourth-order valence-corrected chi connectivity index (χ4v) is 7.76. The molecule has 11 unspecified atom stereocenters. The van der Waals surface area contributed by atoms with E-state index < -0.39 is 80.7 Å². The number of hydrogen-bond donors (Lipinski definition) is 7. The summed E-state index contributed by atoms with van der Waals surface area (Å²) in [6.07, 6.45) is 24.9. The van der Waals surface area contributed by atoms with Crippen molar-refractivity contribution in [3.63, 3.8) is 0 Å². The Morgan fingerprint density at radius 1 is 0.516 bits per heavy atom. The maximum absolute atomic E-state index is 13.0. The van der Waals surface area contributed by atoms with E-state index in [1.807, 2.05) is 0 Å². The largest absolute Gasteiger partial charge is 0.457 e. The van der Waals surface area contributed by atoms with E-state index in [4.69, 9.17) is 28.4 Å². The SMILES string of the molecule is CCCCC/C=C\C/C=C\C/C=C\CCCCCCCCC(=O)OC(COCCCCCCCCCCCCC)COC1OC(COC2OC(CO)C(O)C(O)C2O)C(O)C(O)C1O. The third-order valence-electron chi connectivity index (χ3n) is 11.9. The molecule has 2 aliphatic heterocycles. The number of carbonyl (C=O) groups is 1. The molecule has 0 aromatic heterocycles. The molecule has 0 amide bonds. The number of carbonyl (C=O) groups excluding carboxylic acids is 1. The maximum atomic E-state index is 13.0. The average molecular weight is 915 g/mol. The molecule has 2 rings (SSSR count). The fourth-order valence-electron chi connectivity index (χ4n) is 7.76. The lowest BCUT2D eigenvalue weighted by atomic mass is 9.98. The van der Waals surface area contributed by atoms with Crippen LogP contribution in [0.3, 0.4) is 0 Å². The summed E-state index contributed by atoms with van der Waals surface area (Å²) in [6, 6.07) is 0. The smallest absolute Gasteiger partial charge is 0.306 e. The minimum Gasteiger partial charge on any atom is -0.457 e. The number of rotatable bonds is 39. The van der Waals surface area contributed by atoms with E-state index in [0.717, 1.165) is 70.6 Å². The van der Waals surface area contributed by atoms with Crippen LogP contribution in [-0.4, -0.2) is 142 Å². The van der Waals surface area contributed by atoms with Gasteiger partial charge in [0.05, 0.1) is 26.4 Å². The van der Waals surface area contributed by atoms with Gasteiger partial charge in [-0.3, -0.25) is 4.79 Å². The van der Waals surface area contributed by atoms with Crippen LogP contribution in [0.15, 0.2) is 36.5 Å². The monoisotopic (exact) mass is 915 g/mol. The lowest BCUT2D eigenvalue weighted by Crippen LogP contribution is -2.61. The number of ether oxygens (including phenoxy) is 6. The summed E-state index contributed by atoms with van der Waals surface area (Å²) in [4.78, 5) is 13.0. The Labute approximate surface area is 385 Å². The van der Waals surface area contributed by atoms with Crippen LogP contribution in [-0.2, 0) is 33.2 Å². The first kappa shape index (κ1) is 58.3. The van der Waals surface area contributed by atoms with Crippen LogP contribution < -0.4 is 0 Å². The van der Waals surface area contributed by atoms with Gasteiger partial charge in [0.15, 0.2) is 12.6 Å². The molecule has 0 aliphatic carbocycles. The summed E-state index contributed by atoms with van der Waals surface area (Å²) in [5.41, 5.74) is 0. The molecule has 0 spiro atoms. The quantitative estimate of drug-likeness (QED) is 0.0188. The van der Waals surface area contributed by atoms with E-state index in [2.05, 4.69) is 50.3 Å². The molecule has 64 heavy (non-hydrogen) atoms. The van der Waals surface area contributed by atoms with Gasteiger partial charge >= 0.3 is 5.97 Å². The molecule has 11 atom stereocenters. The van der Waals surface area contributed by atoms with Gasteiger partial charge in [-0.15, -0.1) is 0 Å². The Bertz CT molecular complexity index is 1200. The van der Waals surface area contributed by atoms with Crippen LogP contribution in [0.1, 0.15) is 174 Å². The lowest BCUT2D eigenvalue weighted by Gasteiger charge is -2.42. The first-order valence-electron chi connectivity index (χ1n) is 25.1. The summed E-state index contributed by atoms with van der Waals surface area (Å²) in [6.45, 7) is 3.64. The Hall–Kier alpha value is -1.79. The number of unbranched alkanes of at least 4 members (excludes halogenated alkanes) is 19. The number of esters is 1. The molecule has 0 saturated carbocycles. The van der Waals surface area contributed by atoms with Crippen molar-refractivity contribution in [1.29, 1.82) is 0 Å². The molecular weight excluding hydrogens is 825 g/mol. The number of aliphatic hydroxyl groups is 7. The molecule has 2 fully saturated rings. The minimum absolute atomic E-state index is 0.0579. The zero-order valence-electron chi connectivity index (χ0n) is 39.5. The fraction of sp³-hybridized carbons (Fsp3) is 0.860. The van der Waals surface area contributed by atoms with Crippen LogP contribution in [0.2, 0.25) is 0 Å². The van der Waals surface area contributed by atoms with Crippen LogP contribution in [0.5, 0.6) is 0 Å². The maximum Gasteiger partial charge on any atom is 0.306 e. The summed E-state index contributed by atoms with van der Waals surface area (Å²) < 4.78 is 34.2. The Morgan fingerprint density at radius 3 is 1.55 bits per heavy atom. The Balaban J connectivity index is 1.77. The summed E-state index contributed by atoms with van der Waals surface area (Å²) in [5.74, 6) is -0.388. The zero-order chi connectivity index (χ0) is 46.6. The highest BCUT2D eigenvalue weighted by Gasteiger charge is 2.47. The first-order chi connectivity index (χ1) is 31.1. The van der Waals surface area contributed by atoms with Gasteiger partial charge in [0.25, 0.3) is 0 Å². The Morgan fingerprint density at radius 2 is 0.969 bits per heavy atom. The topological polar surface area (TPSA) is 214 Å². The van der Waals surface area contributed by atoms with Gasteiger partial charge in [-0.1, -0.05) is 153 Å². The summed E-state index contributed by atoms with van der Waals surface area (Å²) >= 11 is 0. The predicted octanol–water partition coefficient (Wildman–Crippen LogP) is 7.02. The van der Waals surface area contributed by atoms with Crippen LogP contribution >= 0.6 is 0 Å². The highest BCUT2D eigenvalue weighted by molar-refractivity contribution is 5.69. The highest BCUT2D eigenvalue weighted by atomic mass is 16.7. The molecular formula is C50H90O14. The first-order valence-corrected chi connectivity index (χ1v) is 25.1. The second kappa shape index (κ2) is 38.2. The van der Waals surface area contributed by atoms with Crippen molar-refractivity contribution in [1.82, 2.24) is 0 Å². The second-order valence-corrected chi connectivity index (χ2v) is 17.6. The van der Waals surface area contributed by atoms with Gasteiger partial charge in [-0.25, -0.2) is 0 Å². The normalized spacial score (nSPS) is 27.0. The van der Waals surface area contributed by atoms with E-state index in [9.17, 15) is 40.5 Å². The van der Waals surface area contributed by atoms with E-state index in [1.54, 1.807) is 0 Å². The van der Waals surface area contributed by atoms with E-state index in [-0.39, 0.29) is 25.6 Å². The minimum atomic E-state index is -1.71. The van der Waals surface area contributed by atoms with Gasteiger partial charge < -0.3 is 64.2 Å². The Kier molecular flexibility index (Phi) is 34.8. The molecule has 0 radical (unpaired) electrons. The van der Waals surface area contributed by atoms with E-state index in [0.29, 0.717) is 13.0 Å². The molecule has 0 aromatic rings. The molecule has 0 bridgehead atoms. The van der Waals surface area contributed by atoms with E-state index >= 15 is 0 Å². The summed E-state index contributed by atoms with van der Waals surface area (Å²) in [5, 5.41) is 72.0. The molecule has 2 saturated heterocycles. The van der Waals surface area contributed by atoms with Crippen molar-refractivity contribution in [2.75, 3.05) is 33.0 Å². The molecule has 2 heterocycles. The van der Waals surface area contributed by atoms with Crippen LogP contribution in [0, 0.1) is 0 Å². The van der Waals surface area contributed by atoms with Crippen molar-refractivity contribution in [3.8, 4) is 0 Å². The van der Waals surface area contributed by atoms with Crippen molar-refractivity contribution in [2.24, 2.45) is 0 Å². The van der Waals surface area contributed by atoms with Gasteiger partial charge in [-0.05, 0) is 51.4 Å². The molecule has 14 heteroatoms. The zero-order valence-corrected chi connectivity index (χ0v) is 39.5.